The first-order valence-electron chi connectivity index (χ1n) is 10.3. The van der Waals surface area contributed by atoms with E-state index in [9.17, 15) is 9.18 Å². The van der Waals surface area contributed by atoms with Crippen molar-refractivity contribution in [2.24, 2.45) is 9.98 Å². The molecule has 0 heterocycles. The number of carbonyl (C=O) groups is 1. The van der Waals surface area contributed by atoms with Crippen molar-refractivity contribution in [2.75, 3.05) is 13.7 Å². The summed E-state index contributed by atoms with van der Waals surface area (Å²) in [5.41, 5.74) is 1.93. The number of amides is 1. The molecule has 0 spiro atoms. The van der Waals surface area contributed by atoms with Crippen LogP contribution in [0.15, 0.2) is 83.4 Å². The number of unbranched alkanes of at least 4 members (excludes halogenated alkanes) is 3. The highest BCUT2D eigenvalue weighted by Crippen LogP contribution is 2.15. The lowest BCUT2D eigenvalue weighted by Gasteiger charge is -2.04. The molecule has 0 radical (unpaired) electrons. The van der Waals surface area contributed by atoms with Crippen molar-refractivity contribution in [1.82, 2.24) is 5.32 Å². The average molecular weight is 444 g/mol. The number of terminal acetylenes is 1. The fourth-order valence-electron chi connectivity index (χ4n) is 1.91. The average Bonchev–Trinajstić information content (AvgIpc) is 2.84. The summed E-state index contributed by atoms with van der Waals surface area (Å²) < 4.78 is 12.1. The fraction of sp³-hybridized carbons (Fsp3) is 0.346. The molecular weight excluding hydrogens is 405 g/mol. The number of aliphatic hydroxyl groups is 1. The first-order chi connectivity index (χ1) is 15.5. The number of carbonyl (C=O) groups excluding carboxylic acids is 1. The summed E-state index contributed by atoms with van der Waals surface area (Å²) in [6, 6.07) is 0. The highest BCUT2D eigenvalue weighted by Gasteiger charge is 2.03. The van der Waals surface area contributed by atoms with Crippen LogP contribution < -0.4 is 5.32 Å². The van der Waals surface area contributed by atoms with Crippen LogP contribution in [-0.4, -0.2) is 37.1 Å². The maximum atomic E-state index is 12.1. The molecule has 1 amide bonds. The highest BCUT2D eigenvalue weighted by molar-refractivity contribution is 5.84. The maximum Gasteiger partial charge on any atom is 0.223 e. The second-order valence-corrected chi connectivity index (χ2v) is 5.76. The summed E-state index contributed by atoms with van der Waals surface area (Å²) >= 11 is 0. The molecule has 0 bridgehead atoms. The summed E-state index contributed by atoms with van der Waals surface area (Å²) in [6.45, 7) is 13.5. The Bertz CT molecular complexity index is 724. The minimum Gasteiger partial charge on any atom is -0.384 e. The number of rotatable bonds is 12. The molecule has 0 unspecified atom stereocenters. The van der Waals surface area contributed by atoms with Gasteiger partial charge in [-0.05, 0) is 37.5 Å². The Hall–Kier alpha value is -3.30. The molecule has 32 heavy (non-hydrogen) atoms. The third kappa shape index (κ3) is 21.4. The van der Waals surface area contributed by atoms with Crippen LogP contribution in [-0.2, 0) is 4.79 Å². The van der Waals surface area contributed by atoms with E-state index in [2.05, 4.69) is 48.4 Å². The first kappa shape index (κ1) is 33.3. The van der Waals surface area contributed by atoms with Crippen molar-refractivity contribution >= 4 is 18.3 Å². The predicted molar refractivity (Wildman–Crippen MR) is 137 cm³/mol. The molecule has 2 N–H and O–H groups in total. The molecule has 6 heteroatoms. The fourth-order valence-corrected chi connectivity index (χ4v) is 1.91. The van der Waals surface area contributed by atoms with Gasteiger partial charge in [0, 0.05) is 25.9 Å². The minimum absolute atomic E-state index is 0.0946. The quantitative estimate of drug-likeness (QED) is 0.135. The van der Waals surface area contributed by atoms with Gasteiger partial charge in [0.1, 0.15) is 6.61 Å². The van der Waals surface area contributed by atoms with Crippen LogP contribution in [0.1, 0.15) is 46.0 Å². The minimum atomic E-state index is -0.153. The van der Waals surface area contributed by atoms with Crippen LogP contribution in [0.5, 0.6) is 0 Å². The molecule has 0 rings (SSSR count). The SMILES string of the molecule is C#CCO.C=C.C=CC(/C=N/C(=C/C)C(=C\CC(=O)NC)/N=CCCCCC)=C\C=C\F. The Morgan fingerprint density at radius 3 is 2.38 bits per heavy atom. The summed E-state index contributed by atoms with van der Waals surface area (Å²) in [7, 11) is 1.60. The summed E-state index contributed by atoms with van der Waals surface area (Å²) in [4.78, 5) is 20.4. The van der Waals surface area contributed by atoms with Crippen molar-refractivity contribution in [3.05, 3.63) is 73.4 Å². The van der Waals surface area contributed by atoms with E-state index in [0.29, 0.717) is 23.3 Å². The van der Waals surface area contributed by atoms with Gasteiger partial charge in [0.05, 0.1) is 17.7 Å². The third-order valence-electron chi connectivity index (χ3n) is 3.50. The standard InChI is InChI=1S/C21H30FN3O.C3H4O.C2H4/c1-5-8-9-10-16-24-20(13-14-21(26)23-4)19(7-3)25-17-18(6-2)12-11-15-22;1-2-3-4;1-2/h6-7,11-13,15-17H,2,5,8-10,14H2,1,3-4H3,(H,23,26);1,4H,3H2;1-2H2/b15-11+,18-12+,19-7+,20-13+,24-16?,25-17+;;. The van der Waals surface area contributed by atoms with Gasteiger partial charge in [-0.1, -0.05) is 50.5 Å². The second kappa shape index (κ2) is 27.7. The molecule has 0 aromatic rings. The Morgan fingerprint density at radius 1 is 1.25 bits per heavy atom. The predicted octanol–water partition coefficient (Wildman–Crippen LogP) is 5.64. The molecule has 0 aliphatic heterocycles. The number of hydrogen-bond acceptors (Lipinski definition) is 4. The molecule has 0 aromatic carbocycles. The molecule has 0 atom stereocenters. The lowest BCUT2D eigenvalue weighted by molar-refractivity contribution is -0.119. The summed E-state index contributed by atoms with van der Waals surface area (Å²) in [6.07, 6.45) is 20.9. The number of nitrogens with zero attached hydrogens (tertiary/aromatic N) is 2. The normalized spacial score (nSPS) is 12.1. The van der Waals surface area contributed by atoms with Crippen molar-refractivity contribution in [3.8, 4) is 12.3 Å². The number of hydrogen-bond donors (Lipinski definition) is 2. The largest absolute Gasteiger partial charge is 0.384 e. The van der Waals surface area contributed by atoms with Crippen LogP contribution in [0.4, 0.5) is 4.39 Å². The second-order valence-electron chi connectivity index (χ2n) is 5.76. The van der Waals surface area contributed by atoms with Gasteiger partial charge in [0.2, 0.25) is 5.91 Å². The summed E-state index contributed by atoms with van der Waals surface area (Å²) in [5.74, 6) is 1.89. The molecule has 0 aromatic heterocycles. The van der Waals surface area contributed by atoms with Crippen molar-refractivity contribution in [2.45, 2.75) is 46.0 Å². The Labute approximate surface area is 193 Å². The Kier molecular flexibility index (Phi) is 28.9. The van der Waals surface area contributed by atoms with E-state index in [4.69, 9.17) is 5.11 Å². The number of nitrogens with one attached hydrogen (secondary N) is 1. The maximum absolute atomic E-state index is 12.1. The summed E-state index contributed by atoms with van der Waals surface area (Å²) in [5, 5.41) is 10.2. The van der Waals surface area contributed by atoms with Crippen LogP contribution >= 0.6 is 0 Å². The lowest BCUT2D eigenvalue weighted by Crippen LogP contribution is -2.16. The van der Waals surface area contributed by atoms with E-state index in [1.807, 2.05) is 25.1 Å². The van der Waals surface area contributed by atoms with Crippen molar-refractivity contribution < 1.29 is 14.3 Å². The zero-order valence-electron chi connectivity index (χ0n) is 19.7. The third-order valence-corrected chi connectivity index (χ3v) is 3.50. The van der Waals surface area contributed by atoms with Gasteiger partial charge in [0.15, 0.2) is 0 Å². The van der Waals surface area contributed by atoms with Gasteiger partial charge in [-0.2, -0.15) is 0 Å². The van der Waals surface area contributed by atoms with Crippen LogP contribution in [0.3, 0.4) is 0 Å². The highest BCUT2D eigenvalue weighted by atomic mass is 19.1. The number of halogens is 1. The van der Waals surface area contributed by atoms with Gasteiger partial charge < -0.3 is 10.4 Å². The molecular formula is C26H38FN3O2. The molecule has 0 saturated carbocycles. The smallest absolute Gasteiger partial charge is 0.223 e. The number of allylic oxidation sites excluding steroid dienone is 5. The van der Waals surface area contributed by atoms with E-state index >= 15 is 0 Å². The van der Waals surface area contributed by atoms with E-state index in [0.717, 1.165) is 25.7 Å². The van der Waals surface area contributed by atoms with Gasteiger partial charge in [-0.15, -0.1) is 19.6 Å². The molecule has 0 aliphatic carbocycles. The van der Waals surface area contributed by atoms with Gasteiger partial charge >= 0.3 is 0 Å². The van der Waals surface area contributed by atoms with Gasteiger partial charge in [-0.3, -0.25) is 14.8 Å². The zero-order chi connectivity index (χ0) is 25.0. The lowest BCUT2D eigenvalue weighted by atomic mass is 10.2. The van der Waals surface area contributed by atoms with Crippen molar-refractivity contribution in [3.63, 3.8) is 0 Å². The molecule has 0 fully saturated rings. The van der Waals surface area contributed by atoms with E-state index in [-0.39, 0.29) is 18.9 Å². The van der Waals surface area contributed by atoms with Crippen molar-refractivity contribution in [1.29, 1.82) is 0 Å². The molecule has 0 saturated heterocycles. The van der Waals surface area contributed by atoms with Crippen LogP contribution in [0, 0.1) is 12.3 Å². The van der Waals surface area contributed by atoms with E-state index in [1.54, 1.807) is 31.5 Å². The van der Waals surface area contributed by atoms with E-state index < -0.39 is 0 Å². The molecule has 0 aliphatic rings. The Balaban J connectivity index is -0.00000125. The monoisotopic (exact) mass is 443 g/mol. The topological polar surface area (TPSA) is 74.1 Å². The molecule has 5 nitrogen and oxygen atoms in total. The van der Waals surface area contributed by atoms with Crippen LogP contribution in [0.2, 0.25) is 0 Å². The van der Waals surface area contributed by atoms with Gasteiger partial charge in [0.25, 0.3) is 0 Å². The Morgan fingerprint density at radius 2 is 1.91 bits per heavy atom. The van der Waals surface area contributed by atoms with Gasteiger partial charge in [-0.25, -0.2) is 4.39 Å². The molecule has 176 valence electrons. The van der Waals surface area contributed by atoms with Crippen LogP contribution in [0.25, 0.3) is 0 Å². The van der Waals surface area contributed by atoms with E-state index in [1.165, 1.54) is 6.08 Å². The number of aliphatic imine (C=N–C) groups is 2. The number of aliphatic hydroxyl groups excluding tert-OH is 1. The first-order valence-corrected chi connectivity index (χ1v) is 10.3. The zero-order valence-corrected chi connectivity index (χ0v) is 19.7.